The third-order valence-corrected chi connectivity index (χ3v) is 4.41. The molecule has 6 nitrogen and oxygen atoms in total. The van der Waals surface area contributed by atoms with Crippen molar-refractivity contribution in [2.45, 2.75) is 12.8 Å². The van der Waals surface area contributed by atoms with Gasteiger partial charge in [0, 0.05) is 38.7 Å². The third-order valence-electron chi connectivity index (χ3n) is 4.41. The van der Waals surface area contributed by atoms with Gasteiger partial charge in [-0.3, -0.25) is 9.36 Å². The number of anilines is 1. The molecule has 6 heteroatoms. The van der Waals surface area contributed by atoms with Crippen LogP contribution in [0.5, 0.6) is 0 Å². The van der Waals surface area contributed by atoms with Gasteiger partial charge in [0.1, 0.15) is 6.33 Å². The molecule has 0 atom stereocenters. The van der Waals surface area contributed by atoms with Gasteiger partial charge in [0.05, 0.1) is 17.5 Å². The summed E-state index contributed by atoms with van der Waals surface area (Å²) in [7, 11) is 3.80. The summed E-state index contributed by atoms with van der Waals surface area (Å²) in [6.07, 6.45) is 3.06. The molecule has 3 rings (SSSR count). The number of hydrogen-bond acceptors (Lipinski definition) is 4. The Morgan fingerprint density at radius 1 is 1.23 bits per heavy atom. The smallest absolute Gasteiger partial charge is 0.221 e. The number of aromatic nitrogens is 2. The van der Waals surface area contributed by atoms with Gasteiger partial charge in [0.15, 0.2) is 0 Å². The van der Waals surface area contributed by atoms with Crippen molar-refractivity contribution in [3.63, 3.8) is 0 Å². The lowest BCUT2D eigenvalue weighted by Gasteiger charge is -2.19. The second kappa shape index (κ2) is 8.01. The van der Waals surface area contributed by atoms with Crippen LogP contribution >= 0.6 is 0 Å². The average molecular weight is 352 g/mol. The monoisotopic (exact) mass is 352 g/mol. The number of rotatable bonds is 8. The fraction of sp³-hybridized carbons (Fsp3) is 0.300. The molecule has 3 aromatic rings. The molecule has 26 heavy (non-hydrogen) atoms. The Kier molecular flexibility index (Phi) is 5.53. The number of methoxy groups -OCH3 is 1. The van der Waals surface area contributed by atoms with E-state index in [-0.39, 0.29) is 12.3 Å². The maximum atomic E-state index is 11.0. The number of benzene rings is 2. The molecule has 1 heterocycles. The lowest BCUT2D eigenvalue weighted by atomic mass is 10.1. The maximum Gasteiger partial charge on any atom is 0.221 e. The molecule has 0 unspecified atom stereocenters. The van der Waals surface area contributed by atoms with E-state index in [1.165, 1.54) is 0 Å². The summed E-state index contributed by atoms with van der Waals surface area (Å²) < 4.78 is 7.15. The Morgan fingerprint density at radius 2 is 2.00 bits per heavy atom. The molecule has 0 saturated carbocycles. The normalized spacial score (nSPS) is 11.0. The SMILES string of the molecule is COCCCN(C)c1ccc2c(c1)ncn2-c1ccc(CC(N)=O)cc1. The molecule has 0 aliphatic heterocycles. The first-order chi connectivity index (χ1) is 12.6. The number of primary amides is 1. The minimum absolute atomic E-state index is 0.254. The topological polar surface area (TPSA) is 73.4 Å². The van der Waals surface area contributed by atoms with E-state index in [4.69, 9.17) is 10.5 Å². The van der Waals surface area contributed by atoms with E-state index in [1.54, 1.807) is 7.11 Å². The summed E-state index contributed by atoms with van der Waals surface area (Å²) in [6, 6.07) is 14.1. The lowest BCUT2D eigenvalue weighted by Crippen LogP contribution is -2.19. The van der Waals surface area contributed by atoms with Crippen LogP contribution in [0.1, 0.15) is 12.0 Å². The minimum Gasteiger partial charge on any atom is -0.385 e. The van der Waals surface area contributed by atoms with Crippen LogP contribution in [0, 0.1) is 0 Å². The highest BCUT2D eigenvalue weighted by molar-refractivity contribution is 5.81. The molecule has 0 bridgehead atoms. The molecule has 0 fully saturated rings. The van der Waals surface area contributed by atoms with Crippen LogP contribution in [0.25, 0.3) is 16.7 Å². The van der Waals surface area contributed by atoms with Gasteiger partial charge in [-0.15, -0.1) is 0 Å². The fourth-order valence-electron chi connectivity index (χ4n) is 3.00. The van der Waals surface area contributed by atoms with Crippen molar-refractivity contribution in [3.8, 4) is 5.69 Å². The van der Waals surface area contributed by atoms with E-state index in [2.05, 4.69) is 35.1 Å². The van der Waals surface area contributed by atoms with Crippen molar-refractivity contribution >= 4 is 22.6 Å². The number of fused-ring (bicyclic) bond motifs is 1. The predicted molar refractivity (Wildman–Crippen MR) is 104 cm³/mol. The fourth-order valence-corrected chi connectivity index (χ4v) is 3.00. The minimum atomic E-state index is -0.326. The third kappa shape index (κ3) is 4.03. The van der Waals surface area contributed by atoms with Crippen LogP contribution in [0.3, 0.4) is 0 Å². The van der Waals surface area contributed by atoms with Crippen molar-refractivity contribution in [1.29, 1.82) is 0 Å². The summed E-state index contributed by atoms with van der Waals surface area (Å²) in [5, 5.41) is 0. The van der Waals surface area contributed by atoms with Crippen molar-refractivity contribution in [1.82, 2.24) is 9.55 Å². The maximum absolute atomic E-state index is 11.0. The summed E-state index contributed by atoms with van der Waals surface area (Å²) in [4.78, 5) is 17.8. The van der Waals surface area contributed by atoms with Gasteiger partial charge in [0.2, 0.25) is 5.91 Å². The zero-order chi connectivity index (χ0) is 18.5. The number of ether oxygens (including phenoxy) is 1. The summed E-state index contributed by atoms with van der Waals surface area (Å²) >= 11 is 0. The first-order valence-electron chi connectivity index (χ1n) is 8.63. The number of imidazole rings is 1. The summed E-state index contributed by atoms with van der Waals surface area (Å²) in [6.45, 7) is 1.69. The van der Waals surface area contributed by atoms with Crippen molar-refractivity contribution < 1.29 is 9.53 Å². The Balaban J connectivity index is 1.81. The van der Waals surface area contributed by atoms with Crippen molar-refractivity contribution in [2.24, 2.45) is 5.73 Å². The first kappa shape index (κ1) is 17.9. The van der Waals surface area contributed by atoms with E-state index in [0.717, 1.165) is 47.5 Å². The molecule has 2 N–H and O–H groups in total. The van der Waals surface area contributed by atoms with Crippen LogP contribution < -0.4 is 10.6 Å². The van der Waals surface area contributed by atoms with Gasteiger partial charge in [-0.1, -0.05) is 12.1 Å². The predicted octanol–water partition coefficient (Wildman–Crippen LogP) is 2.53. The summed E-state index contributed by atoms with van der Waals surface area (Å²) in [5.41, 5.74) is 10.3. The number of nitrogens with zero attached hydrogens (tertiary/aromatic N) is 3. The molecule has 0 spiro atoms. The van der Waals surface area contributed by atoms with Crippen LogP contribution in [0.2, 0.25) is 0 Å². The van der Waals surface area contributed by atoms with E-state index in [1.807, 2.05) is 35.2 Å². The average Bonchev–Trinajstić information content (AvgIpc) is 3.05. The molecule has 2 aromatic carbocycles. The Bertz CT molecular complexity index is 886. The Hall–Kier alpha value is -2.86. The number of amides is 1. The zero-order valence-corrected chi connectivity index (χ0v) is 15.2. The molecule has 0 radical (unpaired) electrons. The highest BCUT2D eigenvalue weighted by Gasteiger charge is 2.08. The van der Waals surface area contributed by atoms with E-state index >= 15 is 0 Å². The molecule has 136 valence electrons. The van der Waals surface area contributed by atoms with Gasteiger partial charge >= 0.3 is 0 Å². The standard InChI is InChI=1S/C20H24N4O2/c1-23(10-3-11-26-2)17-8-9-19-18(13-17)22-14-24(19)16-6-4-15(5-7-16)12-20(21)25/h4-9,13-14H,3,10-12H2,1-2H3,(H2,21,25). The van der Waals surface area contributed by atoms with Gasteiger partial charge < -0.3 is 15.4 Å². The molecule has 0 aliphatic rings. The highest BCUT2D eigenvalue weighted by Crippen LogP contribution is 2.23. The lowest BCUT2D eigenvalue weighted by molar-refractivity contribution is -0.117. The summed E-state index contributed by atoms with van der Waals surface area (Å²) in [5.74, 6) is -0.326. The second-order valence-corrected chi connectivity index (χ2v) is 6.37. The molecule has 0 saturated heterocycles. The highest BCUT2D eigenvalue weighted by atomic mass is 16.5. The van der Waals surface area contributed by atoms with Crippen LogP contribution in [-0.2, 0) is 16.0 Å². The van der Waals surface area contributed by atoms with Crippen LogP contribution in [0.15, 0.2) is 48.8 Å². The van der Waals surface area contributed by atoms with Gasteiger partial charge in [-0.05, 0) is 42.3 Å². The molecular formula is C20H24N4O2. The van der Waals surface area contributed by atoms with E-state index in [0.29, 0.717) is 0 Å². The number of nitrogens with two attached hydrogens (primary N) is 1. The van der Waals surface area contributed by atoms with Crippen molar-refractivity contribution in [3.05, 3.63) is 54.4 Å². The van der Waals surface area contributed by atoms with E-state index < -0.39 is 0 Å². The number of carbonyl (C=O) groups is 1. The molecule has 1 amide bonds. The second-order valence-electron chi connectivity index (χ2n) is 6.37. The van der Waals surface area contributed by atoms with Crippen molar-refractivity contribution in [2.75, 3.05) is 32.2 Å². The Labute approximate surface area is 153 Å². The largest absolute Gasteiger partial charge is 0.385 e. The molecule has 1 aromatic heterocycles. The zero-order valence-electron chi connectivity index (χ0n) is 15.2. The quantitative estimate of drug-likeness (QED) is 0.632. The number of carbonyl (C=O) groups excluding carboxylic acids is 1. The van der Waals surface area contributed by atoms with Gasteiger partial charge in [0.25, 0.3) is 0 Å². The van der Waals surface area contributed by atoms with E-state index in [9.17, 15) is 4.79 Å². The van der Waals surface area contributed by atoms with Gasteiger partial charge in [-0.2, -0.15) is 0 Å². The van der Waals surface area contributed by atoms with Gasteiger partial charge in [-0.25, -0.2) is 4.98 Å². The molecule has 0 aliphatic carbocycles. The molecular weight excluding hydrogens is 328 g/mol. The number of hydrogen-bond donors (Lipinski definition) is 1. The first-order valence-corrected chi connectivity index (χ1v) is 8.63. The van der Waals surface area contributed by atoms with Crippen LogP contribution in [-0.4, -0.2) is 42.8 Å². The Morgan fingerprint density at radius 3 is 2.69 bits per heavy atom. The van der Waals surface area contributed by atoms with Crippen LogP contribution in [0.4, 0.5) is 5.69 Å².